The largest absolute Gasteiger partial charge is 0.497 e. The summed E-state index contributed by atoms with van der Waals surface area (Å²) in [5.41, 5.74) is 1.36. The molecule has 0 saturated carbocycles. The molecule has 1 aliphatic heterocycles. The van der Waals surface area contributed by atoms with Gasteiger partial charge in [-0.3, -0.25) is 0 Å². The van der Waals surface area contributed by atoms with Crippen molar-refractivity contribution in [2.75, 3.05) is 27.2 Å². The molecule has 94 valence electrons. The quantitative estimate of drug-likeness (QED) is 0.835. The summed E-state index contributed by atoms with van der Waals surface area (Å²) in [5.74, 6) is 1.66. The fourth-order valence-electron chi connectivity index (χ4n) is 2.66. The first-order valence-corrected chi connectivity index (χ1v) is 6.37. The van der Waals surface area contributed by atoms with Gasteiger partial charge in [0.05, 0.1) is 7.11 Å². The van der Waals surface area contributed by atoms with E-state index < -0.39 is 0 Å². The van der Waals surface area contributed by atoms with Gasteiger partial charge in [0.2, 0.25) is 0 Å². The van der Waals surface area contributed by atoms with Crippen molar-refractivity contribution >= 4 is 0 Å². The zero-order valence-corrected chi connectivity index (χ0v) is 10.7. The zero-order chi connectivity index (χ0) is 12.1. The third-order valence-corrected chi connectivity index (χ3v) is 3.64. The van der Waals surface area contributed by atoms with Crippen LogP contribution in [0.15, 0.2) is 24.3 Å². The highest BCUT2D eigenvalue weighted by molar-refractivity contribution is 5.29. The summed E-state index contributed by atoms with van der Waals surface area (Å²) in [6.45, 7) is 2.28. The van der Waals surface area contributed by atoms with E-state index >= 15 is 0 Å². The van der Waals surface area contributed by atoms with Gasteiger partial charge in [0, 0.05) is 6.04 Å². The van der Waals surface area contributed by atoms with E-state index in [9.17, 15) is 0 Å². The van der Waals surface area contributed by atoms with Crippen LogP contribution < -0.4 is 15.4 Å². The van der Waals surface area contributed by atoms with Crippen molar-refractivity contribution in [1.82, 2.24) is 10.6 Å². The van der Waals surface area contributed by atoms with Crippen LogP contribution in [-0.2, 0) is 0 Å². The predicted octanol–water partition coefficient (Wildman–Crippen LogP) is 1.96. The number of hydrogen-bond donors (Lipinski definition) is 2. The van der Waals surface area contributed by atoms with Crippen molar-refractivity contribution in [3.8, 4) is 5.75 Å². The van der Waals surface area contributed by atoms with E-state index in [-0.39, 0.29) is 0 Å². The number of nitrogens with one attached hydrogen (secondary N) is 2. The van der Waals surface area contributed by atoms with Crippen molar-refractivity contribution in [2.24, 2.45) is 5.92 Å². The Morgan fingerprint density at radius 2 is 1.88 bits per heavy atom. The molecule has 0 aromatic heterocycles. The summed E-state index contributed by atoms with van der Waals surface area (Å²) in [6.07, 6.45) is 2.50. The average molecular weight is 234 g/mol. The molecule has 1 saturated heterocycles. The van der Waals surface area contributed by atoms with Crippen LogP contribution in [0.25, 0.3) is 0 Å². The van der Waals surface area contributed by atoms with Crippen LogP contribution in [0.4, 0.5) is 0 Å². The topological polar surface area (TPSA) is 33.3 Å². The SMILES string of the molecule is CNC(c1ccc(OC)cc1)C1CCNCC1. The molecule has 3 heteroatoms. The van der Waals surface area contributed by atoms with E-state index in [2.05, 4.69) is 29.8 Å². The Kier molecular flexibility index (Phi) is 4.40. The molecule has 1 heterocycles. The fraction of sp³-hybridized carbons (Fsp3) is 0.571. The minimum atomic E-state index is 0.461. The van der Waals surface area contributed by atoms with Gasteiger partial charge in [0.1, 0.15) is 5.75 Å². The van der Waals surface area contributed by atoms with Crippen LogP contribution in [0.1, 0.15) is 24.4 Å². The number of benzene rings is 1. The Bertz CT molecular complexity index is 331. The molecule has 1 aromatic rings. The molecular weight excluding hydrogens is 212 g/mol. The Labute approximate surface area is 104 Å². The van der Waals surface area contributed by atoms with Gasteiger partial charge < -0.3 is 15.4 Å². The van der Waals surface area contributed by atoms with Crippen molar-refractivity contribution in [2.45, 2.75) is 18.9 Å². The second kappa shape index (κ2) is 6.03. The predicted molar refractivity (Wildman–Crippen MR) is 70.4 cm³/mol. The van der Waals surface area contributed by atoms with Gasteiger partial charge in [-0.15, -0.1) is 0 Å². The van der Waals surface area contributed by atoms with Crippen molar-refractivity contribution in [3.05, 3.63) is 29.8 Å². The van der Waals surface area contributed by atoms with Crippen molar-refractivity contribution in [3.63, 3.8) is 0 Å². The molecule has 1 unspecified atom stereocenters. The second-order valence-electron chi connectivity index (χ2n) is 4.63. The number of piperidine rings is 1. The van der Waals surface area contributed by atoms with Crippen molar-refractivity contribution in [1.29, 1.82) is 0 Å². The third-order valence-electron chi connectivity index (χ3n) is 3.64. The lowest BCUT2D eigenvalue weighted by Gasteiger charge is -2.31. The highest BCUT2D eigenvalue weighted by atomic mass is 16.5. The lowest BCUT2D eigenvalue weighted by Crippen LogP contribution is -2.35. The molecule has 3 nitrogen and oxygen atoms in total. The van der Waals surface area contributed by atoms with Gasteiger partial charge in [0.15, 0.2) is 0 Å². The summed E-state index contributed by atoms with van der Waals surface area (Å²) >= 11 is 0. The first kappa shape index (κ1) is 12.4. The molecule has 0 bridgehead atoms. The highest BCUT2D eigenvalue weighted by Crippen LogP contribution is 2.29. The molecular formula is C14H22N2O. The molecule has 0 aliphatic carbocycles. The maximum atomic E-state index is 5.20. The lowest BCUT2D eigenvalue weighted by atomic mass is 9.86. The van der Waals surface area contributed by atoms with E-state index in [4.69, 9.17) is 4.74 Å². The van der Waals surface area contributed by atoms with Gasteiger partial charge in [-0.1, -0.05) is 12.1 Å². The Morgan fingerprint density at radius 3 is 2.41 bits per heavy atom. The molecule has 2 rings (SSSR count). The van der Waals surface area contributed by atoms with E-state index in [0.29, 0.717) is 6.04 Å². The fourth-order valence-corrected chi connectivity index (χ4v) is 2.66. The van der Waals surface area contributed by atoms with E-state index in [1.165, 1.54) is 18.4 Å². The Morgan fingerprint density at radius 1 is 1.24 bits per heavy atom. The molecule has 17 heavy (non-hydrogen) atoms. The monoisotopic (exact) mass is 234 g/mol. The van der Waals surface area contributed by atoms with Crippen LogP contribution in [0.2, 0.25) is 0 Å². The molecule has 1 fully saturated rings. The summed E-state index contributed by atoms with van der Waals surface area (Å²) in [7, 11) is 3.76. The molecule has 1 aliphatic rings. The second-order valence-corrected chi connectivity index (χ2v) is 4.63. The standard InChI is InChI=1S/C14H22N2O/c1-15-14(12-7-9-16-10-8-12)11-3-5-13(17-2)6-4-11/h3-6,12,14-16H,7-10H2,1-2H3. The Balaban J connectivity index is 2.10. The number of rotatable bonds is 4. The van der Waals surface area contributed by atoms with Gasteiger partial charge >= 0.3 is 0 Å². The first-order chi connectivity index (χ1) is 8.35. The average Bonchev–Trinajstić information content (AvgIpc) is 2.42. The molecule has 0 radical (unpaired) electrons. The van der Waals surface area contributed by atoms with Crippen molar-refractivity contribution < 1.29 is 4.74 Å². The van der Waals surface area contributed by atoms with Gasteiger partial charge in [-0.05, 0) is 56.6 Å². The number of hydrogen-bond acceptors (Lipinski definition) is 3. The van der Waals surface area contributed by atoms with Gasteiger partial charge in [0.25, 0.3) is 0 Å². The maximum Gasteiger partial charge on any atom is 0.118 e. The van der Waals surface area contributed by atoms with Gasteiger partial charge in [-0.25, -0.2) is 0 Å². The third kappa shape index (κ3) is 2.99. The minimum absolute atomic E-state index is 0.461. The molecule has 0 amide bonds. The zero-order valence-electron chi connectivity index (χ0n) is 10.7. The molecule has 2 N–H and O–H groups in total. The lowest BCUT2D eigenvalue weighted by molar-refractivity contribution is 0.294. The number of methoxy groups -OCH3 is 1. The summed E-state index contributed by atoms with van der Waals surface area (Å²) < 4.78 is 5.20. The molecule has 0 spiro atoms. The summed E-state index contributed by atoms with van der Waals surface area (Å²) in [6, 6.07) is 8.88. The minimum Gasteiger partial charge on any atom is -0.497 e. The van der Waals surface area contributed by atoms with E-state index in [1.807, 2.05) is 12.1 Å². The van der Waals surface area contributed by atoms with Crippen LogP contribution in [-0.4, -0.2) is 27.2 Å². The molecule has 1 aromatic carbocycles. The first-order valence-electron chi connectivity index (χ1n) is 6.37. The summed E-state index contributed by atoms with van der Waals surface area (Å²) in [5, 5.41) is 6.87. The summed E-state index contributed by atoms with van der Waals surface area (Å²) in [4.78, 5) is 0. The normalized spacial score (nSPS) is 18.9. The Hall–Kier alpha value is -1.06. The van der Waals surface area contributed by atoms with E-state index in [0.717, 1.165) is 24.8 Å². The van der Waals surface area contributed by atoms with Gasteiger partial charge in [-0.2, -0.15) is 0 Å². The smallest absolute Gasteiger partial charge is 0.118 e. The number of ether oxygens (including phenoxy) is 1. The van der Waals surface area contributed by atoms with E-state index in [1.54, 1.807) is 7.11 Å². The van der Waals surface area contributed by atoms with Crippen LogP contribution in [0, 0.1) is 5.92 Å². The van der Waals surface area contributed by atoms with Crippen LogP contribution in [0.5, 0.6) is 5.75 Å². The maximum absolute atomic E-state index is 5.20. The molecule has 1 atom stereocenters. The highest BCUT2D eigenvalue weighted by Gasteiger charge is 2.23. The van der Waals surface area contributed by atoms with Crippen LogP contribution >= 0.6 is 0 Å². The van der Waals surface area contributed by atoms with Crippen LogP contribution in [0.3, 0.4) is 0 Å².